The number of hydrogen-bond acceptors (Lipinski definition) is 2. The number of rotatable bonds is 7. The van der Waals surface area contributed by atoms with Crippen molar-refractivity contribution in [3.8, 4) is 0 Å². The molecule has 3 rings (SSSR count). The fraction of sp³-hybridized carbons (Fsp3) is 0.400. The summed E-state index contributed by atoms with van der Waals surface area (Å²) in [5.41, 5.74) is 1.49. The van der Waals surface area contributed by atoms with Gasteiger partial charge in [0.2, 0.25) is 5.91 Å². The molecule has 1 fully saturated rings. The molecule has 1 N–H and O–H groups in total. The highest BCUT2D eigenvalue weighted by Crippen LogP contribution is 2.52. The molecular formula is C25H29Cl2NO2. The van der Waals surface area contributed by atoms with Crippen molar-refractivity contribution < 1.29 is 9.90 Å². The molecule has 3 nitrogen and oxygen atoms in total. The van der Waals surface area contributed by atoms with Gasteiger partial charge >= 0.3 is 0 Å². The third-order valence-electron chi connectivity index (χ3n) is 6.26. The van der Waals surface area contributed by atoms with E-state index in [4.69, 9.17) is 23.2 Å². The maximum atomic E-state index is 13.8. The van der Waals surface area contributed by atoms with Crippen LogP contribution in [0, 0.1) is 5.41 Å². The van der Waals surface area contributed by atoms with E-state index in [0.29, 0.717) is 29.3 Å². The molecule has 1 aliphatic heterocycles. The van der Waals surface area contributed by atoms with Crippen molar-refractivity contribution >= 4 is 29.1 Å². The number of aliphatic hydroxyl groups excluding tert-OH is 1. The van der Waals surface area contributed by atoms with Crippen LogP contribution in [0.2, 0.25) is 10.0 Å². The van der Waals surface area contributed by atoms with Gasteiger partial charge in [0, 0.05) is 16.0 Å². The minimum Gasteiger partial charge on any atom is -0.394 e. The topological polar surface area (TPSA) is 40.5 Å². The number of benzene rings is 2. The van der Waals surface area contributed by atoms with Crippen molar-refractivity contribution in [1.82, 2.24) is 4.90 Å². The second-order valence-corrected chi connectivity index (χ2v) is 9.25. The third-order valence-corrected chi connectivity index (χ3v) is 6.75. The first-order chi connectivity index (χ1) is 14.3. The summed E-state index contributed by atoms with van der Waals surface area (Å²) in [5, 5.41) is 11.5. The van der Waals surface area contributed by atoms with E-state index in [2.05, 4.69) is 12.6 Å². The number of carbonyl (C=O) groups excluding carboxylic acids is 1. The summed E-state index contributed by atoms with van der Waals surface area (Å²) in [4.78, 5) is 15.7. The van der Waals surface area contributed by atoms with Gasteiger partial charge in [0.15, 0.2) is 0 Å². The summed E-state index contributed by atoms with van der Waals surface area (Å²) in [6.45, 7) is 7.81. The minimum atomic E-state index is -0.597. The van der Waals surface area contributed by atoms with Crippen molar-refractivity contribution in [1.29, 1.82) is 0 Å². The number of allylic oxidation sites excluding steroid dienone is 1. The normalized spacial score (nSPS) is 25.2. The van der Waals surface area contributed by atoms with Crippen molar-refractivity contribution in [2.45, 2.75) is 51.1 Å². The molecule has 0 bridgehead atoms. The van der Waals surface area contributed by atoms with Crippen LogP contribution >= 0.6 is 23.2 Å². The number of piperidine rings is 1. The Morgan fingerprint density at radius 2 is 1.90 bits per heavy atom. The highest BCUT2D eigenvalue weighted by Gasteiger charge is 2.50. The quantitative estimate of drug-likeness (QED) is 0.500. The number of nitrogens with zero attached hydrogens (tertiary/aromatic N) is 1. The minimum absolute atomic E-state index is 0.0214. The molecule has 2 aromatic rings. The molecule has 4 atom stereocenters. The van der Waals surface area contributed by atoms with Crippen LogP contribution in [-0.4, -0.2) is 28.6 Å². The van der Waals surface area contributed by atoms with Crippen molar-refractivity contribution in [3.05, 3.63) is 82.4 Å². The lowest BCUT2D eigenvalue weighted by Crippen LogP contribution is -2.56. The molecule has 0 saturated carbocycles. The smallest absolute Gasteiger partial charge is 0.229 e. The van der Waals surface area contributed by atoms with Gasteiger partial charge < -0.3 is 10.0 Å². The molecule has 1 amide bonds. The van der Waals surface area contributed by atoms with Gasteiger partial charge in [0.05, 0.1) is 24.1 Å². The summed E-state index contributed by atoms with van der Waals surface area (Å²) in [7, 11) is 0. The standard InChI is InChI=1S/C25H29Cl2NO2/c1-4-13-25(3)15-22(18-7-6-8-20(27)14-18)23(17-9-11-19(26)12-10-17)28(24(25)30)21(5-2)16-29/h4,6-12,14,21-23,29H,1,5,13,15-16H2,2-3H3/t21?,22?,23-,25+/m1/s1. The van der Waals surface area contributed by atoms with Crippen molar-refractivity contribution in [3.63, 3.8) is 0 Å². The van der Waals surface area contributed by atoms with Crippen molar-refractivity contribution in [2.24, 2.45) is 5.41 Å². The predicted molar refractivity (Wildman–Crippen MR) is 124 cm³/mol. The Kier molecular flexibility index (Phi) is 7.28. The number of amides is 1. The van der Waals surface area contributed by atoms with Gasteiger partial charge in [-0.15, -0.1) is 6.58 Å². The summed E-state index contributed by atoms with van der Waals surface area (Å²) >= 11 is 12.5. The second-order valence-electron chi connectivity index (χ2n) is 8.37. The lowest BCUT2D eigenvalue weighted by atomic mass is 9.67. The lowest BCUT2D eigenvalue weighted by molar-refractivity contribution is -0.156. The van der Waals surface area contributed by atoms with Crippen LogP contribution < -0.4 is 0 Å². The first-order valence-corrected chi connectivity index (χ1v) is 11.2. The van der Waals surface area contributed by atoms with Crippen LogP contribution in [0.4, 0.5) is 0 Å². The highest BCUT2D eigenvalue weighted by molar-refractivity contribution is 6.30. The Labute approximate surface area is 189 Å². The van der Waals surface area contributed by atoms with Gasteiger partial charge in [-0.25, -0.2) is 0 Å². The molecule has 0 radical (unpaired) electrons. The molecule has 160 valence electrons. The van der Waals surface area contributed by atoms with E-state index < -0.39 is 5.41 Å². The predicted octanol–water partition coefficient (Wildman–Crippen LogP) is 6.40. The zero-order valence-corrected chi connectivity index (χ0v) is 19.0. The van der Waals surface area contributed by atoms with Gasteiger partial charge in [0.25, 0.3) is 0 Å². The van der Waals surface area contributed by atoms with E-state index in [0.717, 1.165) is 11.1 Å². The Bertz CT molecular complexity index is 894. The Balaban J connectivity index is 2.22. The van der Waals surface area contributed by atoms with Crippen molar-refractivity contribution in [2.75, 3.05) is 6.61 Å². The van der Waals surface area contributed by atoms with Crippen LogP contribution in [0.25, 0.3) is 0 Å². The van der Waals surface area contributed by atoms with Gasteiger partial charge in [-0.1, -0.05) is 67.4 Å². The first-order valence-electron chi connectivity index (χ1n) is 10.4. The Hall–Kier alpha value is -1.81. The first kappa shape index (κ1) is 22.9. The van der Waals surface area contributed by atoms with Gasteiger partial charge in [-0.2, -0.15) is 0 Å². The lowest BCUT2D eigenvalue weighted by Gasteiger charge is -2.51. The van der Waals surface area contributed by atoms with Crippen LogP contribution in [0.15, 0.2) is 61.2 Å². The van der Waals surface area contributed by atoms with E-state index in [-0.39, 0.29) is 30.5 Å². The summed E-state index contributed by atoms with van der Waals surface area (Å²) in [5.74, 6) is 0.0784. The van der Waals surface area contributed by atoms with E-state index in [1.807, 2.05) is 67.3 Å². The largest absolute Gasteiger partial charge is 0.394 e. The fourth-order valence-electron chi connectivity index (χ4n) is 4.70. The second kappa shape index (κ2) is 9.55. The highest BCUT2D eigenvalue weighted by atomic mass is 35.5. The maximum absolute atomic E-state index is 13.8. The molecule has 5 heteroatoms. The molecule has 1 heterocycles. The molecule has 0 aliphatic carbocycles. The maximum Gasteiger partial charge on any atom is 0.229 e. The summed E-state index contributed by atoms with van der Waals surface area (Å²) in [6.07, 6.45) is 3.73. The fourth-order valence-corrected chi connectivity index (χ4v) is 5.03. The SMILES string of the molecule is C=CC[C@@]1(C)CC(c2cccc(Cl)c2)[C@@H](c2ccc(Cl)cc2)N(C(CC)CO)C1=O. The number of halogens is 2. The summed E-state index contributed by atoms with van der Waals surface area (Å²) in [6, 6.07) is 15.0. The van der Waals surface area contributed by atoms with Crippen LogP contribution in [-0.2, 0) is 4.79 Å². The molecule has 2 aromatic carbocycles. The van der Waals surface area contributed by atoms with E-state index >= 15 is 0 Å². The average molecular weight is 446 g/mol. The molecule has 0 spiro atoms. The molecular weight excluding hydrogens is 417 g/mol. The van der Waals surface area contributed by atoms with E-state index in [1.165, 1.54) is 0 Å². The van der Waals surface area contributed by atoms with Crippen LogP contribution in [0.3, 0.4) is 0 Å². The molecule has 2 unspecified atom stereocenters. The zero-order valence-electron chi connectivity index (χ0n) is 17.5. The molecule has 0 aromatic heterocycles. The summed E-state index contributed by atoms with van der Waals surface area (Å²) < 4.78 is 0. The van der Waals surface area contributed by atoms with Gasteiger partial charge in [0.1, 0.15) is 0 Å². The Morgan fingerprint density at radius 3 is 2.47 bits per heavy atom. The molecule has 1 aliphatic rings. The number of hydrogen-bond donors (Lipinski definition) is 1. The molecule has 1 saturated heterocycles. The van der Waals surface area contributed by atoms with E-state index in [9.17, 15) is 9.90 Å². The van der Waals surface area contributed by atoms with Crippen LogP contribution in [0.1, 0.15) is 56.2 Å². The average Bonchev–Trinajstić information content (AvgIpc) is 2.73. The van der Waals surface area contributed by atoms with Gasteiger partial charge in [-0.05, 0) is 54.7 Å². The Morgan fingerprint density at radius 1 is 1.20 bits per heavy atom. The van der Waals surface area contributed by atoms with Crippen LogP contribution in [0.5, 0.6) is 0 Å². The number of likely N-dealkylation sites (tertiary alicyclic amines) is 1. The zero-order chi connectivity index (χ0) is 21.9. The van der Waals surface area contributed by atoms with E-state index in [1.54, 1.807) is 0 Å². The monoisotopic (exact) mass is 445 g/mol. The third kappa shape index (κ3) is 4.44. The molecule has 30 heavy (non-hydrogen) atoms. The number of carbonyl (C=O) groups is 1. The van der Waals surface area contributed by atoms with Gasteiger partial charge in [-0.3, -0.25) is 4.79 Å². The number of aliphatic hydroxyl groups is 1.